The summed E-state index contributed by atoms with van der Waals surface area (Å²) in [7, 11) is 0. The summed E-state index contributed by atoms with van der Waals surface area (Å²) in [6, 6.07) is 0.308. The first-order chi connectivity index (χ1) is 21.0. The number of rotatable bonds is 11. The van der Waals surface area contributed by atoms with E-state index in [2.05, 4.69) is 49.0 Å². The van der Waals surface area contributed by atoms with Gasteiger partial charge in [-0.05, 0) is 126 Å². The Labute approximate surface area is 266 Å². The van der Waals surface area contributed by atoms with Crippen molar-refractivity contribution in [2.24, 2.45) is 35.5 Å². The van der Waals surface area contributed by atoms with Gasteiger partial charge in [-0.1, -0.05) is 27.7 Å². The zero-order chi connectivity index (χ0) is 31.6. The van der Waals surface area contributed by atoms with E-state index in [0.29, 0.717) is 23.7 Å². The van der Waals surface area contributed by atoms with E-state index in [-0.39, 0.29) is 60.6 Å². The molecule has 0 aromatic carbocycles. The van der Waals surface area contributed by atoms with Crippen LogP contribution in [-0.2, 0) is 19.2 Å². The summed E-state index contributed by atoms with van der Waals surface area (Å²) >= 11 is 0. The van der Waals surface area contributed by atoms with E-state index in [1.54, 1.807) is 0 Å². The Morgan fingerprint density at radius 2 is 0.636 bits per heavy atom. The third-order valence-electron chi connectivity index (χ3n) is 11.5. The van der Waals surface area contributed by atoms with Gasteiger partial charge in [0.25, 0.3) is 0 Å². The lowest BCUT2D eigenvalue weighted by Crippen LogP contribution is -2.51. The van der Waals surface area contributed by atoms with E-state index in [0.717, 1.165) is 103 Å². The van der Waals surface area contributed by atoms with Crippen LogP contribution >= 0.6 is 0 Å². The zero-order valence-electron chi connectivity index (χ0n) is 28.1. The molecule has 2 unspecified atom stereocenters. The van der Waals surface area contributed by atoms with Gasteiger partial charge in [0, 0.05) is 37.0 Å². The monoisotopic (exact) mass is 614 g/mol. The smallest absolute Gasteiger partial charge is 0.224 e. The minimum Gasteiger partial charge on any atom is -0.353 e. The van der Waals surface area contributed by atoms with Crippen molar-refractivity contribution < 1.29 is 19.2 Å². The van der Waals surface area contributed by atoms with Crippen molar-refractivity contribution in [1.29, 1.82) is 0 Å². The van der Waals surface area contributed by atoms with Crippen LogP contribution in [0.15, 0.2) is 0 Å². The van der Waals surface area contributed by atoms with E-state index in [9.17, 15) is 19.2 Å². The lowest BCUT2D eigenvalue weighted by molar-refractivity contribution is -0.141. The predicted molar refractivity (Wildman–Crippen MR) is 174 cm³/mol. The van der Waals surface area contributed by atoms with Crippen LogP contribution in [-0.4, -0.2) is 47.8 Å². The fourth-order valence-corrected chi connectivity index (χ4v) is 8.04. The highest BCUT2D eigenvalue weighted by molar-refractivity contribution is 5.94. The fraction of sp³-hybridized carbons (Fsp3) is 0.889. The van der Waals surface area contributed by atoms with E-state index in [1.165, 1.54) is 0 Å². The summed E-state index contributed by atoms with van der Waals surface area (Å²) in [6.45, 7) is 8.99. The van der Waals surface area contributed by atoms with Crippen molar-refractivity contribution in [3.05, 3.63) is 0 Å². The van der Waals surface area contributed by atoms with Gasteiger partial charge in [0.15, 0.2) is 0 Å². The maximum absolute atomic E-state index is 14.0. The first-order valence-electron chi connectivity index (χ1n) is 18.2. The van der Waals surface area contributed by atoms with E-state index < -0.39 is 11.8 Å². The standard InChI is InChI=1S/C36H62N4O4/c1-23-5-13-27(14-6-23)37-33(41)21-31(35(43)39-29-17-9-25(3)10-18-29)32(36(44)40-30-19-11-26(4)12-20-30)22-34(42)38-28-15-7-24(2)8-16-28/h23-32H,5-22H2,1-4H3,(H,37,41)(H,38,42)(H,39,43)(H,40,44). The molecule has 0 aliphatic heterocycles. The summed E-state index contributed by atoms with van der Waals surface area (Å²) in [6.07, 6.45) is 15.8. The quantitative estimate of drug-likeness (QED) is 0.236. The number of hydrogen-bond donors (Lipinski definition) is 4. The number of nitrogens with one attached hydrogen (secondary N) is 4. The molecule has 2 atom stereocenters. The molecule has 250 valence electrons. The van der Waals surface area contributed by atoms with Gasteiger partial charge in [-0.15, -0.1) is 0 Å². The van der Waals surface area contributed by atoms with Crippen LogP contribution in [0.2, 0.25) is 0 Å². The zero-order valence-corrected chi connectivity index (χ0v) is 28.1. The average molecular weight is 615 g/mol. The Hall–Kier alpha value is -2.12. The first-order valence-corrected chi connectivity index (χ1v) is 18.2. The molecule has 0 aromatic heterocycles. The number of hydrogen-bond acceptors (Lipinski definition) is 4. The summed E-state index contributed by atoms with van der Waals surface area (Å²) in [5.74, 6) is -0.0446. The van der Waals surface area contributed by atoms with Gasteiger partial charge < -0.3 is 21.3 Å². The highest BCUT2D eigenvalue weighted by Gasteiger charge is 2.39. The maximum atomic E-state index is 14.0. The Morgan fingerprint density at radius 3 is 0.886 bits per heavy atom. The van der Waals surface area contributed by atoms with Gasteiger partial charge in [-0.3, -0.25) is 19.2 Å². The average Bonchev–Trinajstić information content (AvgIpc) is 2.99. The van der Waals surface area contributed by atoms with Crippen molar-refractivity contribution in [1.82, 2.24) is 21.3 Å². The van der Waals surface area contributed by atoms with Crippen LogP contribution in [0.3, 0.4) is 0 Å². The van der Waals surface area contributed by atoms with Crippen molar-refractivity contribution >= 4 is 23.6 Å². The van der Waals surface area contributed by atoms with Crippen molar-refractivity contribution in [3.63, 3.8) is 0 Å². The molecule has 8 heteroatoms. The second-order valence-corrected chi connectivity index (χ2v) is 15.6. The van der Waals surface area contributed by atoms with Gasteiger partial charge >= 0.3 is 0 Å². The van der Waals surface area contributed by atoms with Gasteiger partial charge in [0.05, 0.1) is 11.8 Å². The van der Waals surface area contributed by atoms with Crippen LogP contribution in [0.1, 0.15) is 143 Å². The molecule has 4 amide bonds. The van der Waals surface area contributed by atoms with Crippen LogP contribution in [0.25, 0.3) is 0 Å². The largest absolute Gasteiger partial charge is 0.353 e. The molecule has 44 heavy (non-hydrogen) atoms. The molecule has 0 bridgehead atoms. The Kier molecular flexibility index (Phi) is 13.4. The number of amides is 4. The van der Waals surface area contributed by atoms with E-state index in [4.69, 9.17) is 0 Å². The molecule has 0 spiro atoms. The molecule has 0 aromatic rings. The van der Waals surface area contributed by atoms with Crippen molar-refractivity contribution in [2.75, 3.05) is 0 Å². The summed E-state index contributed by atoms with van der Waals surface area (Å²) in [4.78, 5) is 55.1. The second kappa shape index (κ2) is 17.0. The molecule has 4 aliphatic rings. The van der Waals surface area contributed by atoms with Crippen molar-refractivity contribution in [2.45, 2.75) is 167 Å². The minimum absolute atomic E-state index is 0.0469. The van der Waals surface area contributed by atoms with Gasteiger partial charge in [0.1, 0.15) is 0 Å². The highest BCUT2D eigenvalue weighted by Crippen LogP contribution is 2.30. The third kappa shape index (κ3) is 11.0. The number of carbonyl (C=O) groups is 4. The molecule has 4 aliphatic carbocycles. The molecular weight excluding hydrogens is 552 g/mol. The van der Waals surface area contributed by atoms with Crippen LogP contribution in [0, 0.1) is 35.5 Å². The molecule has 0 radical (unpaired) electrons. The summed E-state index contributed by atoms with van der Waals surface area (Å²) < 4.78 is 0. The topological polar surface area (TPSA) is 116 Å². The van der Waals surface area contributed by atoms with Gasteiger partial charge in [-0.25, -0.2) is 0 Å². The lowest BCUT2D eigenvalue weighted by Gasteiger charge is -2.33. The normalized spacial score (nSPS) is 34.2. The summed E-state index contributed by atoms with van der Waals surface area (Å²) in [5, 5.41) is 12.8. The van der Waals surface area contributed by atoms with Crippen LogP contribution in [0.4, 0.5) is 0 Å². The number of carbonyl (C=O) groups excluding carboxylic acids is 4. The van der Waals surface area contributed by atoms with Crippen LogP contribution < -0.4 is 21.3 Å². The Bertz CT molecular complexity index is 864. The van der Waals surface area contributed by atoms with Gasteiger partial charge in [0.2, 0.25) is 23.6 Å². The molecule has 4 saturated carbocycles. The first kappa shape index (κ1) is 34.7. The molecule has 0 saturated heterocycles. The molecule has 4 fully saturated rings. The van der Waals surface area contributed by atoms with E-state index >= 15 is 0 Å². The molecular formula is C36H62N4O4. The fourth-order valence-electron chi connectivity index (χ4n) is 8.04. The summed E-state index contributed by atoms with van der Waals surface area (Å²) in [5.41, 5.74) is 0. The maximum Gasteiger partial charge on any atom is 0.224 e. The lowest BCUT2D eigenvalue weighted by atomic mass is 9.81. The van der Waals surface area contributed by atoms with Crippen LogP contribution in [0.5, 0.6) is 0 Å². The highest BCUT2D eigenvalue weighted by atomic mass is 16.2. The Morgan fingerprint density at radius 1 is 0.409 bits per heavy atom. The van der Waals surface area contributed by atoms with Crippen molar-refractivity contribution in [3.8, 4) is 0 Å². The SMILES string of the molecule is CC1CCC(NC(=O)CC(C(=O)NC2CCC(C)CC2)C(CC(=O)NC2CCC(C)CC2)C(=O)NC2CCC(C)CC2)CC1. The Balaban J connectivity index is 1.50. The van der Waals surface area contributed by atoms with Gasteiger partial charge in [-0.2, -0.15) is 0 Å². The third-order valence-corrected chi connectivity index (χ3v) is 11.5. The molecule has 0 heterocycles. The molecule has 4 rings (SSSR count). The molecule has 8 nitrogen and oxygen atoms in total. The minimum atomic E-state index is -0.892. The molecule has 4 N–H and O–H groups in total. The van der Waals surface area contributed by atoms with E-state index in [1.807, 2.05) is 0 Å². The second-order valence-electron chi connectivity index (χ2n) is 15.6. The predicted octanol–water partition coefficient (Wildman–Crippen LogP) is 5.78.